The number of esters is 3. The van der Waals surface area contributed by atoms with E-state index >= 15 is 0 Å². The second-order valence-corrected chi connectivity index (χ2v) is 13.7. The summed E-state index contributed by atoms with van der Waals surface area (Å²) in [4.78, 5) is 55.6. The Morgan fingerprint density at radius 2 is 1.08 bits per heavy atom. The van der Waals surface area contributed by atoms with Crippen molar-refractivity contribution in [2.24, 2.45) is 11.8 Å². The van der Waals surface area contributed by atoms with Gasteiger partial charge in [-0.25, -0.2) is 0 Å². The molecule has 9 heteroatoms. The minimum Gasteiger partial charge on any atom is -0.469 e. The maximum Gasteiger partial charge on any atom is 0.310 e. The number of carbonyl (C=O) groups is 4. The summed E-state index contributed by atoms with van der Waals surface area (Å²) < 4.78 is 16.7. The first-order valence-electron chi connectivity index (χ1n) is 13.7. The van der Waals surface area contributed by atoms with Crippen LogP contribution >= 0.6 is 0 Å². The SMILES string of the molecule is COC(=O)CC(C(=O)OC1CC(C)(C)N(C)C(C)(C)C1)C(CC=O)C(=O)OC1CC(C)(C)N(C)C(C)(C)C1. The Kier molecular flexibility index (Phi) is 9.85. The van der Waals surface area contributed by atoms with Crippen molar-refractivity contribution in [1.82, 2.24) is 9.80 Å². The number of hydrogen-bond donors (Lipinski definition) is 0. The Labute approximate surface area is 228 Å². The van der Waals surface area contributed by atoms with Crippen LogP contribution in [0.2, 0.25) is 0 Å². The molecule has 2 saturated heterocycles. The Morgan fingerprint density at radius 3 is 1.39 bits per heavy atom. The second-order valence-electron chi connectivity index (χ2n) is 13.7. The van der Waals surface area contributed by atoms with E-state index in [0.29, 0.717) is 32.0 Å². The van der Waals surface area contributed by atoms with Gasteiger partial charge in [-0.1, -0.05) is 0 Å². The fourth-order valence-corrected chi connectivity index (χ4v) is 6.41. The molecule has 38 heavy (non-hydrogen) atoms. The molecule has 0 aromatic rings. The average Bonchev–Trinajstić information content (AvgIpc) is 2.76. The molecule has 2 fully saturated rings. The number of aldehydes is 1. The fourth-order valence-electron chi connectivity index (χ4n) is 6.41. The molecule has 0 saturated carbocycles. The van der Waals surface area contributed by atoms with E-state index in [-0.39, 0.29) is 41.1 Å². The summed E-state index contributed by atoms with van der Waals surface area (Å²) in [5.74, 6) is -4.31. The summed E-state index contributed by atoms with van der Waals surface area (Å²) >= 11 is 0. The van der Waals surface area contributed by atoms with Gasteiger partial charge in [0.15, 0.2) is 0 Å². The van der Waals surface area contributed by atoms with Crippen molar-refractivity contribution in [2.75, 3.05) is 21.2 Å². The lowest BCUT2D eigenvalue weighted by molar-refractivity contribution is -0.178. The highest BCUT2D eigenvalue weighted by Crippen LogP contribution is 2.40. The number of likely N-dealkylation sites (tertiary alicyclic amines) is 2. The molecule has 0 N–H and O–H groups in total. The number of methoxy groups -OCH3 is 1. The molecule has 2 atom stereocenters. The van der Waals surface area contributed by atoms with Gasteiger partial charge in [-0.15, -0.1) is 0 Å². The molecule has 0 spiro atoms. The molecule has 9 nitrogen and oxygen atoms in total. The predicted octanol–water partition coefficient (Wildman–Crippen LogP) is 3.76. The van der Waals surface area contributed by atoms with Gasteiger partial charge in [0.2, 0.25) is 0 Å². The van der Waals surface area contributed by atoms with Crippen LogP contribution in [-0.4, -0.2) is 89.6 Å². The van der Waals surface area contributed by atoms with Crippen molar-refractivity contribution in [3.05, 3.63) is 0 Å². The highest BCUT2D eigenvalue weighted by Gasteiger charge is 2.48. The molecule has 0 bridgehead atoms. The maximum absolute atomic E-state index is 13.6. The third kappa shape index (κ3) is 7.34. The first-order valence-corrected chi connectivity index (χ1v) is 13.7. The second kappa shape index (κ2) is 11.6. The minimum atomic E-state index is -1.18. The van der Waals surface area contributed by atoms with Crippen molar-refractivity contribution in [3.8, 4) is 0 Å². The molecule has 2 heterocycles. The van der Waals surface area contributed by atoms with E-state index < -0.39 is 35.8 Å². The summed E-state index contributed by atoms with van der Waals surface area (Å²) in [6.45, 7) is 16.8. The monoisotopic (exact) mass is 538 g/mol. The lowest BCUT2D eigenvalue weighted by atomic mass is 9.78. The van der Waals surface area contributed by atoms with Gasteiger partial charge in [0, 0.05) is 54.3 Å². The van der Waals surface area contributed by atoms with Crippen molar-refractivity contribution in [1.29, 1.82) is 0 Å². The zero-order valence-electron chi connectivity index (χ0n) is 25.4. The van der Waals surface area contributed by atoms with E-state index in [2.05, 4.69) is 79.3 Å². The Morgan fingerprint density at radius 1 is 0.737 bits per heavy atom. The quantitative estimate of drug-likeness (QED) is 0.247. The number of carbonyl (C=O) groups excluding carboxylic acids is 4. The highest BCUT2D eigenvalue weighted by molar-refractivity contribution is 5.87. The molecule has 2 aliphatic heterocycles. The van der Waals surface area contributed by atoms with E-state index in [4.69, 9.17) is 14.2 Å². The van der Waals surface area contributed by atoms with Crippen LogP contribution in [0.5, 0.6) is 0 Å². The normalized spacial score (nSPS) is 25.1. The van der Waals surface area contributed by atoms with Crippen LogP contribution in [0.4, 0.5) is 0 Å². The molecule has 0 radical (unpaired) electrons. The molecule has 0 aromatic carbocycles. The first-order chi connectivity index (χ1) is 17.3. The fraction of sp³-hybridized carbons (Fsp3) is 0.862. The molecule has 218 valence electrons. The Hall–Kier alpha value is -2.00. The molecular weight excluding hydrogens is 488 g/mol. The number of hydrogen-bond acceptors (Lipinski definition) is 9. The summed E-state index contributed by atoms with van der Waals surface area (Å²) in [7, 11) is 5.34. The molecular formula is C29H50N2O7. The largest absolute Gasteiger partial charge is 0.469 e. The van der Waals surface area contributed by atoms with Gasteiger partial charge >= 0.3 is 17.9 Å². The Bertz CT molecular complexity index is 859. The lowest BCUT2D eigenvalue weighted by Gasteiger charge is -2.53. The van der Waals surface area contributed by atoms with Crippen LogP contribution in [-0.2, 0) is 33.4 Å². The summed E-state index contributed by atoms with van der Waals surface area (Å²) in [6.07, 6.45) is 1.62. The van der Waals surface area contributed by atoms with Crippen LogP contribution in [0.3, 0.4) is 0 Å². The van der Waals surface area contributed by atoms with Crippen molar-refractivity contribution in [2.45, 2.75) is 128 Å². The van der Waals surface area contributed by atoms with Crippen LogP contribution in [0, 0.1) is 11.8 Å². The molecule has 2 aliphatic rings. The van der Waals surface area contributed by atoms with E-state index in [1.54, 1.807) is 0 Å². The van der Waals surface area contributed by atoms with Crippen LogP contribution in [0.1, 0.15) is 93.9 Å². The molecule has 2 rings (SSSR count). The third-order valence-corrected chi connectivity index (χ3v) is 9.16. The van der Waals surface area contributed by atoms with Gasteiger partial charge < -0.3 is 19.0 Å². The van der Waals surface area contributed by atoms with Crippen LogP contribution in [0.15, 0.2) is 0 Å². The zero-order valence-corrected chi connectivity index (χ0v) is 25.4. The van der Waals surface area contributed by atoms with Crippen molar-refractivity contribution >= 4 is 24.2 Å². The highest BCUT2D eigenvalue weighted by atomic mass is 16.6. The first kappa shape index (κ1) is 32.2. The van der Waals surface area contributed by atoms with E-state index in [1.807, 2.05) is 0 Å². The van der Waals surface area contributed by atoms with Crippen LogP contribution in [0.25, 0.3) is 0 Å². The smallest absolute Gasteiger partial charge is 0.310 e. The van der Waals surface area contributed by atoms with Gasteiger partial charge in [0.25, 0.3) is 0 Å². The number of nitrogens with zero attached hydrogens (tertiary/aromatic N) is 2. The van der Waals surface area contributed by atoms with E-state index in [0.717, 1.165) is 0 Å². The summed E-state index contributed by atoms with van der Waals surface area (Å²) in [5, 5.41) is 0. The molecule has 0 aliphatic carbocycles. The van der Waals surface area contributed by atoms with Gasteiger partial charge in [-0.05, 0) is 69.5 Å². The van der Waals surface area contributed by atoms with E-state index in [1.165, 1.54) is 7.11 Å². The molecule has 0 amide bonds. The topological polar surface area (TPSA) is 102 Å². The number of piperidine rings is 2. The zero-order chi connectivity index (χ0) is 29.3. The minimum absolute atomic E-state index is 0.217. The predicted molar refractivity (Wildman–Crippen MR) is 144 cm³/mol. The van der Waals surface area contributed by atoms with Crippen LogP contribution < -0.4 is 0 Å². The third-order valence-electron chi connectivity index (χ3n) is 9.16. The average molecular weight is 539 g/mol. The number of ether oxygens (including phenoxy) is 3. The molecule has 0 aromatic heterocycles. The van der Waals surface area contributed by atoms with Crippen molar-refractivity contribution in [3.63, 3.8) is 0 Å². The summed E-state index contributed by atoms with van der Waals surface area (Å²) in [6, 6.07) is 0. The van der Waals surface area contributed by atoms with Gasteiger partial charge in [-0.3, -0.25) is 24.2 Å². The molecule has 2 unspecified atom stereocenters. The van der Waals surface area contributed by atoms with Crippen molar-refractivity contribution < 1.29 is 33.4 Å². The van der Waals surface area contributed by atoms with E-state index in [9.17, 15) is 19.2 Å². The van der Waals surface area contributed by atoms with Gasteiger partial charge in [0.1, 0.15) is 18.5 Å². The Balaban J connectivity index is 2.28. The maximum atomic E-state index is 13.6. The summed E-state index contributed by atoms with van der Waals surface area (Å²) in [5.41, 5.74) is -0.880. The van der Waals surface area contributed by atoms with Gasteiger partial charge in [0.05, 0.1) is 25.4 Å². The number of rotatable bonds is 9. The van der Waals surface area contributed by atoms with Gasteiger partial charge in [-0.2, -0.15) is 0 Å². The lowest BCUT2D eigenvalue weighted by Crippen LogP contribution is -2.60. The standard InChI is InChI=1S/C29H50N2O7/c1-26(2)15-19(16-27(3,4)30(26)9)37-24(34)21(12-13-32)22(14-23(33)36-11)25(35)38-20-17-28(5,6)31(10)29(7,8)18-20/h13,19-22H,12,14-18H2,1-11H3.